The van der Waals surface area contributed by atoms with E-state index in [1.165, 1.54) is 6.07 Å². The summed E-state index contributed by atoms with van der Waals surface area (Å²) >= 11 is 0. The van der Waals surface area contributed by atoms with E-state index in [2.05, 4.69) is 0 Å². The molecule has 7 heteroatoms. The number of aliphatic hydroxyl groups excluding tert-OH is 1. The minimum atomic E-state index is -1.00. The van der Waals surface area contributed by atoms with Gasteiger partial charge in [-0.25, -0.2) is 0 Å². The number of fused-ring (bicyclic) bond motifs is 2. The zero-order valence-corrected chi connectivity index (χ0v) is 11.2. The molecule has 6 nitrogen and oxygen atoms in total. The Hall–Kier alpha value is -2.02. The summed E-state index contributed by atoms with van der Waals surface area (Å²) in [5.74, 6) is -1.32. The minimum absolute atomic E-state index is 0.0236. The molecule has 0 radical (unpaired) electrons. The lowest BCUT2D eigenvalue weighted by Gasteiger charge is -2.37. The molecular formula is C14H15FN2O4. The average Bonchev–Trinajstić information content (AvgIpc) is 2.69. The fourth-order valence-corrected chi connectivity index (χ4v) is 3.42. The Morgan fingerprint density at radius 2 is 1.95 bits per heavy atom. The number of halogens is 1. The predicted octanol–water partition coefficient (Wildman–Crippen LogP) is 1.86. The number of nitrogens with zero attached hydrogens (tertiary/aromatic N) is 2. The summed E-state index contributed by atoms with van der Waals surface area (Å²) in [4.78, 5) is 24.0. The van der Waals surface area contributed by atoms with Gasteiger partial charge < -0.3 is 10.0 Å². The topological polar surface area (TPSA) is 83.7 Å². The molecule has 1 aromatic carbocycles. The van der Waals surface area contributed by atoms with E-state index >= 15 is 0 Å². The van der Waals surface area contributed by atoms with E-state index in [1.54, 1.807) is 4.90 Å². The van der Waals surface area contributed by atoms with Gasteiger partial charge in [-0.3, -0.25) is 14.9 Å². The molecule has 2 fully saturated rings. The first-order valence-corrected chi connectivity index (χ1v) is 6.92. The van der Waals surface area contributed by atoms with Gasteiger partial charge in [0.1, 0.15) is 0 Å². The lowest BCUT2D eigenvalue weighted by molar-refractivity contribution is -0.387. The van der Waals surface area contributed by atoms with Crippen LogP contribution in [0.25, 0.3) is 0 Å². The number of rotatable bonds is 2. The zero-order valence-electron chi connectivity index (χ0n) is 11.2. The quantitative estimate of drug-likeness (QED) is 0.666. The Bertz CT molecular complexity index is 593. The van der Waals surface area contributed by atoms with Gasteiger partial charge in [0.05, 0.1) is 11.0 Å². The van der Waals surface area contributed by atoms with Crippen molar-refractivity contribution in [3.8, 4) is 0 Å². The number of benzene rings is 1. The van der Waals surface area contributed by atoms with Crippen molar-refractivity contribution in [3.63, 3.8) is 0 Å². The summed E-state index contributed by atoms with van der Waals surface area (Å²) in [6.45, 7) is 0. The smallest absolute Gasteiger partial charge is 0.304 e. The fraction of sp³-hybridized carbons (Fsp3) is 0.500. The van der Waals surface area contributed by atoms with Crippen molar-refractivity contribution < 1.29 is 19.2 Å². The molecule has 21 heavy (non-hydrogen) atoms. The highest BCUT2D eigenvalue weighted by molar-refractivity contribution is 5.95. The molecular weight excluding hydrogens is 279 g/mol. The second-order valence-electron chi connectivity index (χ2n) is 5.65. The lowest BCUT2D eigenvalue weighted by Crippen LogP contribution is -2.48. The molecule has 2 bridgehead atoms. The summed E-state index contributed by atoms with van der Waals surface area (Å²) in [5, 5.41) is 20.3. The molecule has 112 valence electrons. The van der Waals surface area contributed by atoms with Gasteiger partial charge in [-0.05, 0) is 37.8 Å². The molecule has 2 aliphatic heterocycles. The maximum atomic E-state index is 13.6. The molecule has 1 N–H and O–H groups in total. The minimum Gasteiger partial charge on any atom is -0.393 e. The third kappa shape index (κ3) is 2.37. The number of nitro benzene ring substituents is 1. The van der Waals surface area contributed by atoms with Crippen molar-refractivity contribution in [2.75, 3.05) is 0 Å². The van der Waals surface area contributed by atoms with Crippen molar-refractivity contribution in [1.82, 2.24) is 4.90 Å². The van der Waals surface area contributed by atoms with Crippen molar-refractivity contribution in [3.05, 3.63) is 39.7 Å². The molecule has 2 aliphatic rings. The molecule has 0 aromatic heterocycles. The number of carbonyl (C=O) groups excluding carboxylic acids is 1. The Morgan fingerprint density at radius 1 is 1.33 bits per heavy atom. The normalized spacial score (nSPS) is 27.7. The third-order valence-electron chi connectivity index (χ3n) is 4.33. The maximum absolute atomic E-state index is 13.6. The molecule has 0 saturated carbocycles. The van der Waals surface area contributed by atoms with Gasteiger partial charge in [0.2, 0.25) is 5.82 Å². The lowest BCUT2D eigenvalue weighted by atomic mass is 9.98. The van der Waals surface area contributed by atoms with E-state index < -0.39 is 16.4 Å². The number of amides is 1. The van der Waals surface area contributed by atoms with Gasteiger partial charge in [0.15, 0.2) is 0 Å². The van der Waals surface area contributed by atoms with Gasteiger partial charge in [0, 0.05) is 23.7 Å². The molecule has 1 aromatic rings. The van der Waals surface area contributed by atoms with E-state index in [1.807, 2.05) is 0 Å². The van der Waals surface area contributed by atoms with E-state index in [0.717, 1.165) is 25.0 Å². The molecule has 3 rings (SSSR count). The van der Waals surface area contributed by atoms with Crippen LogP contribution in [0.3, 0.4) is 0 Å². The Labute approximate surface area is 120 Å². The molecule has 2 saturated heterocycles. The number of hydrogen-bond donors (Lipinski definition) is 1. The van der Waals surface area contributed by atoms with Crippen LogP contribution in [0, 0.1) is 15.9 Å². The van der Waals surface area contributed by atoms with Gasteiger partial charge >= 0.3 is 5.69 Å². The first-order valence-electron chi connectivity index (χ1n) is 6.92. The highest BCUT2D eigenvalue weighted by Gasteiger charge is 2.43. The number of piperidine rings is 1. The first-order chi connectivity index (χ1) is 9.97. The van der Waals surface area contributed by atoms with E-state index in [9.17, 15) is 24.4 Å². The molecule has 2 unspecified atom stereocenters. The maximum Gasteiger partial charge on any atom is 0.304 e. The number of aliphatic hydroxyl groups is 1. The van der Waals surface area contributed by atoms with Crippen molar-refractivity contribution in [1.29, 1.82) is 0 Å². The Balaban J connectivity index is 1.86. The van der Waals surface area contributed by atoms with Crippen LogP contribution < -0.4 is 0 Å². The van der Waals surface area contributed by atoms with Crippen LogP contribution in [0.4, 0.5) is 10.1 Å². The summed E-state index contributed by atoms with van der Waals surface area (Å²) < 4.78 is 13.6. The number of hydrogen-bond acceptors (Lipinski definition) is 4. The SMILES string of the molecule is O=C(c1ccc([N+](=O)[O-])c(F)c1)N1C2CCC1CC(O)C2. The van der Waals surface area contributed by atoms with Crippen LogP contribution in [0.2, 0.25) is 0 Å². The molecule has 0 aliphatic carbocycles. The average molecular weight is 294 g/mol. The van der Waals surface area contributed by atoms with Crippen LogP contribution in [-0.4, -0.2) is 39.0 Å². The van der Waals surface area contributed by atoms with E-state index in [4.69, 9.17) is 0 Å². The Kier molecular flexibility index (Phi) is 3.36. The predicted molar refractivity (Wildman–Crippen MR) is 71.3 cm³/mol. The highest BCUT2D eigenvalue weighted by atomic mass is 19.1. The van der Waals surface area contributed by atoms with Gasteiger partial charge in [-0.15, -0.1) is 0 Å². The largest absolute Gasteiger partial charge is 0.393 e. The third-order valence-corrected chi connectivity index (χ3v) is 4.33. The standard InChI is InChI=1S/C14H15FN2O4/c15-12-5-8(1-4-13(12)17(20)21)14(19)16-9-2-3-10(16)7-11(18)6-9/h1,4-5,9-11,18H,2-3,6-7H2. The van der Waals surface area contributed by atoms with Gasteiger partial charge in [0.25, 0.3) is 5.91 Å². The summed E-state index contributed by atoms with van der Waals surface area (Å²) in [6, 6.07) is 3.18. The summed E-state index contributed by atoms with van der Waals surface area (Å²) in [7, 11) is 0. The van der Waals surface area contributed by atoms with Crippen LogP contribution in [0.1, 0.15) is 36.0 Å². The summed E-state index contributed by atoms with van der Waals surface area (Å²) in [6.07, 6.45) is 2.36. The molecule has 0 spiro atoms. The van der Waals surface area contributed by atoms with Gasteiger partial charge in [-0.2, -0.15) is 4.39 Å². The van der Waals surface area contributed by atoms with Crippen LogP contribution in [0.15, 0.2) is 18.2 Å². The zero-order chi connectivity index (χ0) is 15.1. The van der Waals surface area contributed by atoms with Crippen molar-refractivity contribution in [2.24, 2.45) is 0 Å². The van der Waals surface area contributed by atoms with Crippen molar-refractivity contribution in [2.45, 2.75) is 43.9 Å². The monoisotopic (exact) mass is 294 g/mol. The Morgan fingerprint density at radius 3 is 2.48 bits per heavy atom. The van der Waals surface area contributed by atoms with Crippen molar-refractivity contribution >= 4 is 11.6 Å². The van der Waals surface area contributed by atoms with E-state index in [-0.39, 0.29) is 29.7 Å². The fourth-order valence-electron chi connectivity index (χ4n) is 3.42. The van der Waals surface area contributed by atoms with E-state index in [0.29, 0.717) is 12.8 Å². The summed E-state index contributed by atoms with van der Waals surface area (Å²) in [5.41, 5.74) is -0.519. The number of nitro groups is 1. The highest BCUT2D eigenvalue weighted by Crippen LogP contribution is 2.37. The van der Waals surface area contributed by atoms with Crippen LogP contribution >= 0.6 is 0 Å². The second-order valence-corrected chi connectivity index (χ2v) is 5.65. The molecule has 1 amide bonds. The first kappa shape index (κ1) is 13.9. The number of carbonyl (C=O) groups is 1. The van der Waals surface area contributed by atoms with Crippen LogP contribution in [-0.2, 0) is 0 Å². The van der Waals surface area contributed by atoms with Gasteiger partial charge in [-0.1, -0.05) is 0 Å². The van der Waals surface area contributed by atoms with Crippen LogP contribution in [0.5, 0.6) is 0 Å². The molecule has 2 atom stereocenters. The second kappa shape index (κ2) is 5.07. The molecule has 2 heterocycles.